The number of nitrogen functional groups attached to an aromatic ring is 1. The number of primary amides is 1. The lowest BCUT2D eigenvalue weighted by Gasteiger charge is -2.05. The highest BCUT2D eigenvalue weighted by atomic mass is 32.2. The SMILES string of the molecule is CCCS(=O)(=O)c1ccc(-n2cc(N)c(C(N)=O)n2)cc1. The molecule has 1 amide bonds. The molecule has 112 valence electrons. The standard InChI is InChI=1S/C13H16N4O3S/c1-2-7-21(19,20)10-5-3-9(4-6-10)17-8-11(14)12(16-17)13(15)18/h3-6,8H,2,7,14H2,1H3,(H2,15,18). The molecule has 0 fully saturated rings. The number of anilines is 1. The Balaban J connectivity index is 2.36. The lowest BCUT2D eigenvalue weighted by atomic mass is 10.3. The summed E-state index contributed by atoms with van der Waals surface area (Å²) in [5, 5.41) is 3.98. The third kappa shape index (κ3) is 3.05. The molecule has 0 atom stereocenters. The van der Waals surface area contributed by atoms with E-state index in [0.29, 0.717) is 12.1 Å². The quantitative estimate of drug-likeness (QED) is 0.843. The molecule has 0 radical (unpaired) electrons. The van der Waals surface area contributed by atoms with Gasteiger partial charge in [-0.1, -0.05) is 6.92 Å². The maximum Gasteiger partial charge on any atom is 0.271 e. The number of hydrogen-bond acceptors (Lipinski definition) is 5. The van der Waals surface area contributed by atoms with Gasteiger partial charge in [-0.15, -0.1) is 0 Å². The molecule has 0 unspecified atom stereocenters. The summed E-state index contributed by atoms with van der Waals surface area (Å²) in [4.78, 5) is 11.4. The zero-order valence-electron chi connectivity index (χ0n) is 11.5. The Labute approximate surface area is 122 Å². The topological polar surface area (TPSA) is 121 Å². The predicted molar refractivity (Wildman–Crippen MR) is 78.8 cm³/mol. The number of nitrogens with two attached hydrogens (primary N) is 2. The zero-order chi connectivity index (χ0) is 15.6. The molecule has 0 saturated heterocycles. The summed E-state index contributed by atoms with van der Waals surface area (Å²) >= 11 is 0. The van der Waals surface area contributed by atoms with Crippen LogP contribution in [0.2, 0.25) is 0 Å². The van der Waals surface area contributed by atoms with Crippen molar-refractivity contribution in [3.05, 3.63) is 36.2 Å². The van der Waals surface area contributed by atoms with E-state index in [1.807, 2.05) is 6.92 Å². The molecular formula is C13H16N4O3S. The van der Waals surface area contributed by atoms with Gasteiger partial charge >= 0.3 is 0 Å². The van der Waals surface area contributed by atoms with Crippen LogP contribution in [0.15, 0.2) is 35.4 Å². The first-order chi connectivity index (χ1) is 9.85. The van der Waals surface area contributed by atoms with Crippen molar-refractivity contribution in [3.63, 3.8) is 0 Å². The number of sulfone groups is 1. The maximum absolute atomic E-state index is 11.9. The van der Waals surface area contributed by atoms with E-state index in [-0.39, 0.29) is 22.0 Å². The molecule has 1 aromatic carbocycles. The summed E-state index contributed by atoms with van der Waals surface area (Å²) in [6.45, 7) is 1.81. The van der Waals surface area contributed by atoms with Gasteiger partial charge in [-0.25, -0.2) is 13.1 Å². The Morgan fingerprint density at radius 3 is 2.38 bits per heavy atom. The fourth-order valence-corrected chi connectivity index (χ4v) is 3.23. The van der Waals surface area contributed by atoms with Gasteiger partial charge in [0.25, 0.3) is 5.91 Å². The molecule has 0 saturated carbocycles. The summed E-state index contributed by atoms with van der Waals surface area (Å²) in [7, 11) is -3.25. The van der Waals surface area contributed by atoms with Crippen LogP contribution in [0.25, 0.3) is 5.69 Å². The first kappa shape index (κ1) is 15.0. The lowest BCUT2D eigenvalue weighted by Crippen LogP contribution is -2.14. The first-order valence-electron chi connectivity index (χ1n) is 6.33. The summed E-state index contributed by atoms with van der Waals surface area (Å²) in [6.07, 6.45) is 2.01. The number of amides is 1. The highest BCUT2D eigenvalue weighted by Crippen LogP contribution is 2.17. The Morgan fingerprint density at radius 1 is 1.29 bits per heavy atom. The van der Waals surface area contributed by atoms with Crippen molar-refractivity contribution in [2.45, 2.75) is 18.2 Å². The summed E-state index contributed by atoms with van der Waals surface area (Å²) < 4.78 is 25.2. The van der Waals surface area contributed by atoms with Crippen molar-refractivity contribution in [2.75, 3.05) is 11.5 Å². The van der Waals surface area contributed by atoms with Crippen LogP contribution in [-0.2, 0) is 9.84 Å². The smallest absolute Gasteiger partial charge is 0.271 e. The molecule has 1 aromatic heterocycles. The van der Waals surface area contributed by atoms with Crippen LogP contribution < -0.4 is 11.5 Å². The number of carbonyl (C=O) groups excluding carboxylic acids is 1. The third-order valence-corrected chi connectivity index (χ3v) is 4.85. The highest BCUT2D eigenvalue weighted by Gasteiger charge is 2.15. The summed E-state index contributed by atoms with van der Waals surface area (Å²) in [5.74, 6) is -0.610. The highest BCUT2D eigenvalue weighted by molar-refractivity contribution is 7.91. The fourth-order valence-electron chi connectivity index (χ4n) is 1.90. The molecule has 0 spiro atoms. The number of benzene rings is 1. The van der Waals surface area contributed by atoms with E-state index in [0.717, 1.165) is 0 Å². The van der Waals surface area contributed by atoms with Gasteiger partial charge in [0.1, 0.15) is 0 Å². The molecule has 21 heavy (non-hydrogen) atoms. The van der Waals surface area contributed by atoms with Crippen molar-refractivity contribution < 1.29 is 13.2 Å². The van der Waals surface area contributed by atoms with Gasteiger partial charge in [-0.2, -0.15) is 5.10 Å². The molecule has 0 bridgehead atoms. The third-order valence-electron chi connectivity index (χ3n) is 2.91. The Kier molecular flexibility index (Phi) is 3.99. The Bertz CT molecular complexity index is 763. The van der Waals surface area contributed by atoms with Crippen LogP contribution in [0.1, 0.15) is 23.8 Å². The van der Waals surface area contributed by atoms with Crippen molar-refractivity contribution in [2.24, 2.45) is 5.73 Å². The second-order valence-electron chi connectivity index (χ2n) is 4.55. The monoisotopic (exact) mass is 308 g/mol. The van der Waals surface area contributed by atoms with Crippen LogP contribution in [0.5, 0.6) is 0 Å². The number of hydrogen-bond donors (Lipinski definition) is 2. The Hall–Kier alpha value is -2.35. The minimum atomic E-state index is -3.25. The van der Waals surface area contributed by atoms with E-state index in [2.05, 4.69) is 5.10 Å². The van der Waals surface area contributed by atoms with Crippen molar-refractivity contribution in [1.82, 2.24) is 9.78 Å². The number of rotatable bonds is 5. The normalized spacial score (nSPS) is 11.5. The van der Waals surface area contributed by atoms with Crippen LogP contribution >= 0.6 is 0 Å². The van der Waals surface area contributed by atoms with Crippen LogP contribution in [0.3, 0.4) is 0 Å². The minimum absolute atomic E-state index is 0.0160. The molecule has 8 heteroatoms. The molecule has 0 aliphatic carbocycles. The minimum Gasteiger partial charge on any atom is -0.396 e. The zero-order valence-corrected chi connectivity index (χ0v) is 12.3. The van der Waals surface area contributed by atoms with Gasteiger partial charge in [0.15, 0.2) is 15.5 Å². The van der Waals surface area contributed by atoms with E-state index in [1.165, 1.54) is 23.0 Å². The molecule has 2 rings (SSSR count). The van der Waals surface area contributed by atoms with Crippen LogP contribution in [0, 0.1) is 0 Å². The largest absolute Gasteiger partial charge is 0.396 e. The number of aromatic nitrogens is 2. The van der Waals surface area contributed by atoms with Gasteiger partial charge in [-0.3, -0.25) is 4.79 Å². The molecular weight excluding hydrogens is 292 g/mol. The molecule has 1 heterocycles. The van der Waals surface area contributed by atoms with Gasteiger partial charge in [0.05, 0.1) is 28.2 Å². The molecule has 0 aliphatic rings. The second-order valence-corrected chi connectivity index (χ2v) is 6.66. The molecule has 2 aromatic rings. The maximum atomic E-state index is 11.9. The van der Waals surface area contributed by atoms with E-state index in [4.69, 9.17) is 11.5 Å². The number of carbonyl (C=O) groups is 1. The summed E-state index contributed by atoms with van der Waals surface area (Å²) in [6, 6.07) is 6.20. The van der Waals surface area contributed by atoms with Gasteiger partial charge < -0.3 is 11.5 Å². The molecule has 4 N–H and O–H groups in total. The van der Waals surface area contributed by atoms with Crippen molar-refractivity contribution >= 4 is 21.4 Å². The lowest BCUT2D eigenvalue weighted by molar-refractivity contribution is 0.0996. The van der Waals surface area contributed by atoms with E-state index in [1.54, 1.807) is 12.1 Å². The van der Waals surface area contributed by atoms with E-state index < -0.39 is 15.7 Å². The van der Waals surface area contributed by atoms with Gasteiger partial charge in [-0.05, 0) is 30.7 Å². The summed E-state index contributed by atoms with van der Waals surface area (Å²) in [5.41, 5.74) is 11.5. The Morgan fingerprint density at radius 2 is 1.90 bits per heavy atom. The van der Waals surface area contributed by atoms with Crippen LogP contribution in [-0.4, -0.2) is 29.9 Å². The van der Waals surface area contributed by atoms with Gasteiger partial charge in [0, 0.05) is 0 Å². The van der Waals surface area contributed by atoms with Crippen molar-refractivity contribution in [3.8, 4) is 5.69 Å². The average molecular weight is 308 g/mol. The number of nitrogens with zero attached hydrogens (tertiary/aromatic N) is 2. The van der Waals surface area contributed by atoms with E-state index in [9.17, 15) is 13.2 Å². The van der Waals surface area contributed by atoms with Crippen LogP contribution in [0.4, 0.5) is 5.69 Å². The fraction of sp³-hybridized carbons (Fsp3) is 0.231. The molecule has 7 nitrogen and oxygen atoms in total. The average Bonchev–Trinajstić information content (AvgIpc) is 2.81. The van der Waals surface area contributed by atoms with Gasteiger partial charge in [0.2, 0.25) is 0 Å². The predicted octanol–water partition coefficient (Wildman–Crippen LogP) is 0.737. The second kappa shape index (κ2) is 5.57. The van der Waals surface area contributed by atoms with Crippen molar-refractivity contribution in [1.29, 1.82) is 0 Å². The first-order valence-corrected chi connectivity index (χ1v) is 7.98. The molecule has 0 aliphatic heterocycles. The van der Waals surface area contributed by atoms with E-state index >= 15 is 0 Å².